The number of carbonyl (C=O) groups is 2. The van der Waals surface area contributed by atoms with Gasteiger partial charge >= 0.3 is 11.9 Å². The highest BCUT2D eigenvalue weighted by Gasteiger charge is 2.27. The number of carboxylic acid groups (broad SMARTS) is 2. The summed E-state index contributed by atoms with van der Waals surface area (Å²) < 4.78 is 0. The predicted molar refractivity (Wildman–Crippen MR) is 79.6 cm³/mol. The molecular weight excluding hydrogens is 256 g/mol. The highest BCUT2D eigenvalue weighted by molar-refractivity contribution is 5.70. The normalized spacial score (nSPS) is 17.5. The van der Waals surface area contributed by atoms with Gasteiger partial charge < -0.3 is 10.2 Å². The molecule has 4 nitrogen and oxygen atoms in total. The summed E-state index contributed by atoms with van der Waals surface area (Å²) in [5, 5.41) is 18.2. The maximum atomic E-state index is 11.4. The van der Waals surface area contributed by atoms with Crippen molar-refractivity contribution in [2.45, 2.75) is 60.3 Å². The number of hydrogen-bond acceptors (Lipinski definition) is 2. The molecule has 0 spiro atoms. The van der Waals surface area contributed by atoms with E-state index in [4.69, 9.17) is 5.11 Å². The Balaban J connectivity index is 4.44. The Morgan fingerprint density at radius 3 is 1.80 bits per heavy atom. The molecule has 0 rings (SSSR count). The van der Waals surface area contributed by atoms with E-state index < -0.39 is 11.9 Å². The van der Waals surface area contributed by atoms with Crippen molar-refractivity contribution in [3.05, 3.63) is 0 Å². The van der Waals surface area contributed by atoms with Crippen LogP contribution in [-0.2, 0) is 9.59 Å². The minimum atomic E-state index is -0.785. The zero-order chi connectivity index (χ0) is 15.9. The lowest BCUT2D eigenvalue weighted by atomic mass is 9.79. The van der Waals surface area contributed by atoms with Crippen LogP contribution in [0.3, 0.4) is 0 Å². The van der Waals surface area contributed by atoms with Gasteiger partial charge in [-0.3, -0.25) is 9.59 Å². The zero-order valence-corrected chi connectivity index (χ0v) is 13.4. The second kappa shape index (κ2) is 8.98. The van der Waals surface area contributed by atoms with Crippen LogP contribution in [-0.4, -0.2) is 22.2 Å². The Morgan fingerprint density at radius 1 is 0.850 bits per heavy atom. The van der Waals surface area contributed by atoms with Gasteiger partial charge in [0.25, 0.3) is 0 Å². The van der Waals surface area contributed by atoms with Crippen molar-refractivity contribution in [1.82, 2.24) is 0 Å². The lowest BCUT2D eigenvalue weighted by molar-refractivity contribution is -0.144. The van der Waals surface area contributed by atoms with Gasteiger partial charge in [-0.2, -0.15) is 0 Å². The fraction of sp³-hybridized carbons (Fsp3) is 0.875. The van der Waals surface area contributed by atoms with E-state index in [0.29, 0.717) is 12.3 Å². The van der Waals surface area contributed by atoms with Gasteiger partial charge in [-0.05, 0) is 42.9 Å². The third-order valence-electron chi connectivity index (χ3n) is 3.83. The molecule has 4 heteroatoms. The highest BCUT2D eigenvalue weighted by Crippen LogP contribution is 2.29. The number of hydrogen-bond donors (Lipinski definition) is 2. The molecule has 118 valence electrons. The van der Waals surface area contributed by atoms with Crippen molar-refractivity contribution in [2.24, 2.45) is 29.6 Å². The molecule has 0 saturated carbocycles. The zero-order valence-electron chi connectivity index (χ0n) is 13.4. The molecule has 0 aromatic heterocycles. The van der Waals surface area contributed by atoms with E-state index in [1.807, 2.05) is 20.8 Å². The Bertz CT molecular complexity index is 312. The molecule has 4 unspecified atom stereocenters. The molecule has 0 fully saturated rings. The molecule has 0 aromatic carbocycles. The van der Waals surface area contributed by atoms with Gasteiger partial charge in [0.15, 0.2) is 0 Å². The first-order valence-electron chi connectivity index (χ1n) is 7.58. The van der Waals surface area contributed by atoms with E-state index in [2.05, 4.69) is 13.8 Å². The van der Waals surface area contributed by atoms with E-state index in [9.17, 15) is 14.7 Å². The summed E-state index contributed by atoms with van der Waals surface area (Å²) in [6.07, 6.45) is 2.47. The van der Waals surface area contributed by atoms with Crippen LogP contribution in [0.1, 0.15) is 60.3 Å². The Labute approximate surface area is 122 Å². The minimum absolute atomic E-state index is 0.0948. The number of carboxylic acids is 2. The molecule has 0 bridgehead atoms. The Kier molecular flexibility index (Phi) is 8.51. The molecule has 4 atom stereocenters. The van der Waals surface area contributed by atoms with Gasteiger partial charge in [0.2, 0.25) is 0 Å². The highest BCUT2D eigenvalue weighted by atomic mass is 16.4. The maximum Gasteiger partial charge on any atom is 0.306 e. The molecule has 0 aliphatic rings. The van der Waals surface area contributed by atoms with Crippen molar-refractivity contribution in [1.29, 1.82) is 0 Å². The van der Waals surface area contributed by atoms with E-state index in [-0.39, 0.29) is 30.1 Å². The van der Waals surface area contributed by atoms with Gasteiger partial charge in [0.1, 0.15) is 0 Å². The molecule has 0 saturated heterocycles. The molecule has 20 heavy (non-hydrogen) atoms. The molecule has 0 aliphatic carbocycles. The van der Waals surface area contributed by atoms with E-state index in [1.165, 1.54) is 0 Å². The average Bonchev–Trinajstić information content (AvgIpc) is 2.22. The van der Waals surface area contributed by atoms with E-state index >= 15 is 0 Å². The van der Waals surface area contributed by atoms with Crippen molar-refractivity contribution in [3.8, 4) is 0 Å². The molecule has 0 heterocycles. The van der Waals surface area contributed by atoms with Gasteiger partial charge in [-0.25, -0.2) is 0 Å². The minimum Gasteiger partial charge on any atom is -0.481 e. The van der Waals surface area contributed by atoms with Crippen molar-refractivity contribution < 1.29 is 19.8 Å². The summed E-state index contributed by atoms with van der Waals surface area (Å²) in [4.78, 5) is 22.1. The largest absolute Gasteiger partial charge is 0.481 e. The lowest BCUT2D eigenvalue weighted by Crippen LogP contribution is -2.25. The summed E-state index contributed by atoms with van der Waals surface area (Å²) >= 11 is 0. The Hall–Kier alpha value is -1.06. The van der Waals surface area contributed by atoms with Crippen LogP contribution in [0.4, 0.5) is 0 Å². The van der Waals surface area contributed by atoms with E-state index in [0.717, 1.165) is 12.8 Å². The first-order valence-corrected chi connectivity index (χ1v) is 7.58. The third kappa shape index (κ3) is 8.18. The summed E-state index contributed by atoms with van der Waals surface area (Å²) in [7, 11) is 0. The topological polar surface area (TPSA) is 74.6 Å². The maximum absolute atomic E-state index is 11.4. The van der Waals surface area contributed by atoms with Crippen LogP contribution in [0, 0.1) is 29.6 Å². The standard InChI is InChI=1S/C16H30O4/c1-10(2)6-13(5)14(16(19)20)8-11(3)7-12(4)9-15(17)18/h10-14H,6-9H2,1-5H3,(H,17,18)(H,19,20). The molecule has 0 aromatic rings. The van der Waals surface area contributed by atoms with Crippen LogP contribution in [0.5, 0.6) is 0 Å². The quantitative estimate of drug-likeness (QED) is 0.638. The van der Waals surface area contributed by atoms with Gasteiger partial charge in [0, 0.05) is 6.42 Å². The predicted octanol–water partition coefficient (Wildman–Crippen LogP) is 3.90. The van der Waals surface area contributed by atoms with Crippen molar-refractivity contribution >= 4 is 11.9 Å². The number of aliphatic carboxylic acids is 2. The molecular formula is C16H30O4. The van der Waals surface area contributed by atoms with Crippen LogP contribution < -0.4 is 0 Å². The fourth-order valence-corrected chi connectivity index (χ4v) is 3.08. The first-order chi connectivity index (χ1) is 9.13. The SMILES string of the molecule is CC(C)CC(C)C(CC(C)CC(C)CC(=O)O)C(=O)O. The molecule has 0 amide bonds. The molecule has 0 radical (unpaired) electrons. The number of rotatable bonds is 10. The van der Waals surface area contributed by atoms with Crippen molar-refractivity contribution in [2.75, 3.05) is 0 Å². The third-order valence-corrected chi connectivity index (χ3v) is 3.83. The monoisotopic (exact) mass is 286 g/mol. The van der Waals surface area contributed by atoms with Crippen LogP contribution >= 0.6 is 0 Å². The summed E-state index contributed by atoms with van der Waals surface area (Å²) in [5.41, 5.74) is 0. The second-order valence-corrected chi connectivity index (χ2v) is 6.83. The lowest BCUT2D eigenvalue weighted by Gasteiger charge is -2.25. The van der Waals surface area contributed by atoms with Gasteiger partial charge in [0.05, 0.1) is 5.92 Å². The van der Waals surface area contributed by atoms with Crippen LogP contribution in [0.2, 0.25) is 0 Å². The van der Waals surface area contributed by atoms with Crippen molar-refractivity contribution in [3.63, 3.8) is 0 Å². The van der Waals surface area contributed by atoms with Crippen LogP contribution in [0.25, 0.3) is 0 Å². The Morgan fingerprint density at radius 2 is 1.40 bits per heavy atom. The summed E-state index contributed by atoms with van der Waals surface area (Å²) in [6, 6.07) is 0. The smallest absolute Gasteiger partial charge is 0.306 e. The second-order valence-electron chi connectivity index (χ2n) is 6.83. The first kappa shape index (κ1) is 18.9. The van der Waals surface area contributed by atoms with Crippen LogP contribution in [0.15, 0.2) is 0 Å². The van der Waals surface area contributed by atoms with Gasteiger partial charge in [-0.15, -0.1) is 0 Å². The summed E-state index contributed by atoms with van der Waals surface area (Å²) in [5.74, 6) is -0.858. The van der Waals surface area contributed by atoms with Gasteiger partial charge in [-0.1, -0.05) is 34.6 Å². The summed E-state index contributed by atoms with van der Waals surface area (Å²) in [6.45, 7) is 10.2. The fourth-order valence-electron chi connectivity index (χ4n) is 3.08. The van der Waals surface area contributed by atoms with E-state index in [1.54, 1.807) is 0 Å². The average molecular weight is 286 g/mol. The molecule has 2 N–H and O–H groups in total. The molecule has 0 aliphatic heterocycles.